The van der Waals surface area contributed by atoms with Crippen molar-refractivity contribution in [3.05, 3.63) is 52.3 Å². The molecule has 98 valence electrons. The van der Waals surface area contributed by atoms with Crippen molar-refractivity contribution < 1.29 is 0 Å². The van der Waals surface area contributed by atoms with E-state index in [0.29, 0.717) is 5.92 Å². The summed E-state index contributed by atoms with van der Waals surface area (Å²) in [4.78, 5) is 12.0. The maximum absolute atomic E-state index is 12.0. The van der Waals surface area contributed by atoms with E-state index in [9.17, 15) is 4.79 Å². The SMILES string of the molecule is O=c1[nH]nc(-c2ccccc2)cc1C1CCNCC1. The van der Waals surface area contributed by atoms with Gasteiger partial charge in [-0.15, -0.1) is 0 Å². The first-order valence-electron chi connectivity index (χ1n) is 6.70. The van der Waals surface area contributed by atoms with Crippen molar-refractivity contribution in [3.8, 4) is 11.3 Å². The zero-order valence-electron chi connectivity index (χ0n) is 10.7. The number of benzene rings is 1. The summed E-state index contributed by atoms with van der Waals surface area (Å²) in [5.74, 6) is 0.343. The Morgan fingerprint density at radius 1 is 1.11 bits per heavy atom. The molecule has 0 saturated carbocycles. The quantitative estimate of drug-likeness (QED) is 0.861. The van der Waals surface area contributed by atoms with Gasteiger partial charge < -0.3 is 5.32 Å². The van der Waals surface area contributed by atoms with Crippen molar-refractivity contribution in [1.82, 2.24) is 15.5 Å². The molecule has 0 spiro atoms. The number of rotatable bonds is 2. The van der Waals surface area contributed by atoms with Gasteiger partial charge in [-0.3, -0.25) is 4.79 Å². The van der Waals surface area contributed by atoms with Crippen LogP contribution in [0.4, 0.5) is 0 Å². The van der Waals surface area contributed by atoms with Crippen LogP contribution in [0.1, 0.15) is 24.3 Å². The predicted octanol–water partition coefficient (Wildman–Crippen LogP) is 1.90. The van der Waals surface area contributed by atoms with Crippen LogP contribution in [-0.4, -0.2) is 23.3 Å². The fourth-order valence-electron chi connectivity index (χ4n) is 2.61. The summed E-state index contributed by atoms with van der Waals surface area (Å²) in [5.41, 5.74) is 2.70. The van der Waals surface area contributed by atoms with Crippen molar-refractivity contribution >= 4 is 0 Å². The van der Waals surface area contributed by atoms with Crippen LogP contribution < -0.4 is 10.9 Å². The Balaban J connectivity index is 1.98. The van der Waals surface area contributed by atoms with Crippen molar-refractivity contribution in [2.24, 2.45) is 0 Å². The lowest BCUT2D eigenvalue weighted by Crippen LogP contribution is -2.29. The van der Waals surface area contributed by atoms with Crippen molar-refractivity contribution in [2.75, 3.05) is 13.1 Å². The van der Waals surface area contributed by atoms with Crippen LogP contribution in [-0.2, 0) is 0 Å². The molecule has 0 aliphatic carbocycles. The third-order valence-corrected chi connectivity index (χ3v) is 3.68. The first kappa shape index (κ1) is 12.1. The van der Waals surface area contributed by atoms with Crippen LogP contribution in [0.3, 0.4) is 0 Å². The molecule has 4 nitrogen and oxygen atoms in total. The molecule has 4 heteroatoms. The second-order valence-corrected chi connectivity index (χ2v) is 4.93. The summed E-state index contributed by atoms with van der Waals surface area (Å²) in [6.45, 7) is 1.96. The first-order valence-corrected chi connectivity index (χ1v) is 6.70. The zero-order chi connectivity index (χ0) is 13.1. The Labute approximate surface area is 111 Å². The first-order chi connectivity index (χ1) is 9.34. The van der Waals surface area contributed by atoms with Crippen molar-refractivity contribution in [2.45, 2.75) is 18.8 Å². The molecule has 2 heterocycles. The molecular formula is C15H17N3O. The molecule has 1 aromatic carbocycles. The number of aromatic nitrogens is 2. The molecule has 1 saturated heterocycles. The molecule has 2 aromatic rings. The second kappa shape index (κ2) is 5.36. The summed E-state index contributed by atoms with van der Waals surface area (Å²) in [6.07, 6.45) is 2.03. The number of hydrogen-bond donors (Lipinski definition) is 2. The highest BCUT2D eigenvalue weighted by Gasteiger charge is 2.19. The van der Waals surface area contributed by atoms with Gasteiger partial charge in [0.25, 0.3) is 5.56 Å². The van der Waals surface area contributed by atoms with Crippen LogP contribution in [0.2, 0.25) is 0 Å². The lowest BCUT2D eigenvalue weighted by atomic mass is 9.90. The number of piperidine rings is 1. The number of nitrogens with one attached hydrogen (secondary N) is 2. The van der Waals surface area contributed by atoms with E-state index in [-0.39, 0.29) is 5.56 Å². The van der Waals surface area contributed by atoms with E-state index in [0.717, 1.165) is 42.8 Å². The van der Waals surface area contributed by atoms with Crippen LogP contribution in [0.25, 0.3) is 11.3 Å². The Bertz CT molecular complexity index is 600. The van der Waals surface area contributed by atoms with Gasteiger partial charge in [0.2, 0.25) is 0 Å². The monoisotopic (exact) mass is 255 g/mol. The molecule has 3 rings (SSSR count). The lowest BCUT2D eigenvalue weighted by Gasteiger charge is -2.22. The summed E-state index contributed by atoms with van der Waals surface area (Å²) < 4.78 is 0. The fraction of sp³-hybridized carbons (Fsp3) is 0.333. The van der Waals surface area contributed by atoms with Gasteiger partial charge >= 0.3 is 0 Å². The minimum atomic E-state index is -0.0495. The molecule has 19 heavy (non-hydrogen) atoms. The van der Waals surface area contributed by atoms with Crippen LogP contribution in [0.15, 0.2) is 41.2 Å². The van der Waals surface area contributed by atoms with Crippen molar-refractivity contribution in [1.29, 1.82) is 0 Å². The van der Waals surface area contributed by atoms with Crippen LogP contribution in [0.5, 0.6) is 0 Å². The molecule has 1 fully saturated rings. The van der Waals surface area contributed by atoms with E-state index in [1.165, 1.54) is 0 Å². The molecule has 0 amide bonds. The lowest BCUT2D eigenvalue weighted by molar-refractivity contribution is 0.457. The molecule has 0 atom stereocenters. The van der Waals surface area contributed by atoms with Gasteiger partial charge in [0.05, 0.1) is 5.69 Å². The zero-order valence-corrected chi connectivity index (χ0v) is 10.7. The Morgan fingerprint density at radius 3 is 2.58 bits per heavy atom. The highest BCUT2D eigenvalue weighted by Crippen LogP contribution is 2.24. The van der Waals surface area contributed by atoms with E-state index in [2.05, 4.69) is 15.5 Å². The van der Waals surface area contributed by atoms with Gasteiger partial charge in [-0.2, -0.15) is 5.10 Å². The topological polar surface area (TPSA) is 57.8 Å². The van der Waals surface area contributed by atoms with E-state index in [1.54, 1.807) is 0 Å². The highest BCUT2D eigenvalue weighted by molar-refractivity contribution is 5.58. The minimum Gasteiger partial charge on any atom is -0.317 e. The van der Waals surface area contributed by atoms with Gasteiger partial charge in [-0.05, 0) is 37.9 Å². The number of nitrogens with zero attached hydrogens (tertiary/aromatic N) is 1. The van der Waals surface area contributed by atoms with Gasteiger partial charge in [-0.1, -0.05) is 30.3 Å². The van der Waals surface area contributed by atoms with E-state index in [4.69, 9.17) is 0 Å². The third-order valence-electron chi connectivity index (χ3n) is 3.68. The largest absolute Gasteiger partial charge is 0.317 e. The van der Waals surface area contributed by atoms with E-state index < -0.39 is 0 Å². The van der Waals surface area contributed by atoms with Crippen LogP contribution >= 0.6 is 0 Å². The molecule has 0 bridgehead atoms. The number of H-pyrrole nitrogens is 1. The van der Waals surface area contributed by atoms with Gasteiger partial charge in [-0.25, -0.2) is 5.10 Å². The molecule has 1 aliphatic rings. The molecule has 1 aliphatic heterocycles. The van der Waals surface area contributed by atoms with Gasteiger partial charge in [0.15, 0.2) is 0 Å². The smallest absolute Gasteiger partial charge is 0.267 e. The van der Waals surface area contributed by atoms with Gasteiger partial charge in [0, 0.05) is 11.1 Å². The average Bonchev–Trinajstić information content (AvgIpc) is 2.49. The molecule has 2 N–H and O–H groups in total. The average molecular weight is 255 g/mol. The van der Waals surface area contributed by atoms with E-state index >= 15 is 0 Å². The summed E-state index contributed by atoms with van der Waals surface area (Å²) >= 11 is 0. The summed E-state index contributed by atoms with van der Waals surface area (Å²) in [5, 5.41) is 10.1. The number of aromatic amines is 1. The molecule has 0 unspecified atom stereocenters. The minimum absolute atomic E-state index is 0.0495. The normalized spacial score (nSPS) is 16.4. The van der Waals surface area contributed by atoms with Gasteiger partial charge in [0.1, 0.15) is 0 Å². The fourth-order valence-corrected chi connectivity index (χ4v) is 2.61. The summed E-state index contributed by atoms with van der Waals surface area (Å²) in [7, 11) is 0. The highest BCUT2D eigenvalue weighted by atomic mass is 16.1. The number of hydrogen-bond acceptors (Lipinski definition) is 3. The second-order valence-electron chi connectivity index (χ2n) is 4.93. The van der Waals surface area contributed by atoms with Crippen molar-refractivity contribution in [3.63, 3.8) is 0 Å². The summed E-state index contributed by atoms with van der Waals surface area (Å²) in [6, 6.07) is 11.9. The Kier molecular flexibility index (Phi) is 3.42. The van der Waals surface area contributed by atoms with E-state index in [1.807, 2.05) is 36.4 Å². The Morgan fingerprint density at radius 2 is 1.84 bits per heavy atom. The molecule has 1 aromatic heterocycles. The Hall–Kier alpha value is -1.94. The third kappa shape index (κ3) is 2.58. The molecule has 0 radical (unpaired) electrons. The molecular weight excluding hydrogens is 238 g/mol. The maximum atomic E-state index is 12.0. The maximum Gasteiger partial charge on any atom is 0.267 e. The predicted molar refractivity (Wildman–Crippen MR) is 75.1 cm³/mol. The standard InChI is InChI=1S/C15H17N3O/c19-15-13(11-6-8-16-9-7-11)10-14(17-18-15)12-4-2-1-3-5-12/h1-5,10-11,16H,6-9H2,(H,18,19). The van der Waals surface area contributed by atoms with Crippen LogP contribution in [0, 0.1) is 0 Å².